The monoisotopic (exact) mass is 249 g/mol. The molecule has 0 atom stereocenters. The van der Waals surface area contributed by atoms with E-state index in [9.17, 15) is 0 Å². The minimum Gasteiger partial charge on any atom is -0.488 e. The van der Waals surface area contributed by atoms with Crippen molar-refractivity contribution in [1.29, 1.82) is 0 Å². The smallest absolute Gasteiger partial charge is 0.120 e. The molecular formula is C16H27NO. The fraction of sp³-hybridized carbons (Fsp3) is 0.625. The van der Waals surface area contributed by atoms with E-state index in [1.165, 1.54) is 0 Å². The Balaban J connectivity index is 2.69. The molecule has 2 heteroatoms. The van der Waals surface area contributed by atoms with Crippen LogP contribution in [0.4, 0.5) is 5.69 Å². The molecule has 0 fully saturated rings. The van der Waals surface area contributed by atoms with E-state index >= 15 is 0 Å². The SMILES string of the molecule is CCC(C)(C)Nc1ccc(OC(C)(C)CC)cc1. The summed E-state index contributed by atoms with van der Waals surface area (Å²) in [5.41, 5.74) is 1.17. The molecule has 2 nitrogen and oxygen atoms in total. The molecule has 1 N–H and O–H groups in total. The second kappa shape index (κ2) is 5.64. The molecule has 102 valence electrons. The van der Waals surface area contributed by atoms with Crippen LogP contribution >= 0.6 is 0 Å². The Morgan fingerprint density at radius 3 is 1.94 bits per heavy atom. The predicted octanol–water partition coefficient (Wildman–Crippen LogP) is 4.85. The molecule has 0 unspecified atom stereocenters. The summed E-state index contributed by atoms with van der Waals surface area (Å²) >= 11 is 0. The van der Waals surface area contributed by atoms with E-state index in [1.54, 1.807) is 0 Å². The van der Waals surface area contributed by atoms with Crippen molar-refractivity contribution in [3.63, 3.8) is 0 Å². The van der Waals surface area contributed by atoms with Crippen molar-refractivity contribution in [2.45, 2.75) is 65.5 Å². The van der Waals surface area contributed by atoms with E-state index in [-0.39, 0.29) is 11.1 Å². The van der Waals surface area contributed by atoms with Crippen LogP contribution in [0.1, 0.15) is 54.4 Å². The van der Waals surface area contributed by atoms with E-state index < -0.39 is 0 Å². The van der Waals surface area contributed by atoms with Crippen molar-refractivity contribution >= 4 is 5.69 Å². The molecule has 0 aliphatic carbocycles. The number of ether oxygens (including phenoxy) is 1. The maximum Gasteiger partial charge on any atom is 0.120 e. The minimum absolute atomic E-state index is 0.0996. The fourth-order valence-electron chi connectivity index (χ4n) is 1.48. The van der Waals surface area contributed by atoms with Crippen LogP contribution in [-0.4, -0.2) is 11.1 Å². The Morgan fingerprint density at radius 1 is 0.944 bits per heavy atom. The molecule has 0 aliphatic rings. The molecule has 0 saturated heterocycles. The van der Waals surface area contributed by atoms with Crippen LogP contribution in [0, 0.1) is 0 Å². The van der Waals surface area contributed by atoms with Gasteiger partial charge in [-0.2, -0.15) is 0 Å². The van der Waals surface area contributed by atoms with Crippen molar-refractivity contribution in [3.8, 4) is 5.75 Å². The average Bonchev–Trinajstić information content (AvgIpc) is 2.31. The van der Waals surface area contributed by atoms with Crippen molar-refractivity contribution in [3.05, 3.63) is 24.3 Å². The Labute approximate surface area is 112 Å². The van der Waals surface area contributed by atoms with Crippen LogP contribution in [-0.2, 0) is 0 Å². The zero-order valence-electron chi connectivity index (χ0n) is 12.6. The Hall–Kier alpha value is -1.18. The van der Waals surface area contributed by atoms with Gasteiger partial charge in [-0.1, -0.05) is 13.8 Å². The van der Waals surface area contributed by atoms with E-state index in [1.807, 2.05) is 12.1 Å². The first-order valence-corrected chi connectivity index (χ1v) is 6.85. The first-order valence-electron chi connectivity index (χ1n) is 6.85. The van der Waals surface area contributed by atoms with E-state index in [0.717, 1.165) is 24.3 Å². The highest BCUT2D eigenvalue weighted by atomic mass is 16.5. The van der Waals surface area contributed by atoms with Gasteiger partial charge in [0, 0.05) is 11.2 Å². The molecule has 0 radical (unpaired) electrons. The van der Waals surface area contributed by atoms with E-state index in [4.69, 9.17) is 4.74 Å². The third-order valence-corrected chi connectivity index (χ3v) is 3.47. The minimum atomic E-state index is -0.0996. The molecule has 0 heterocycles. The summed E-state index contributed by atoms with van der Waals surface area (Å²) in [5.74, 6) is 0.932. The van der Waals surface area contributed by atoms with E-state index in [2.05, 4.69) is 59.0 Å². The van der Waals surface area contributed by atoms with Gasteiger partial charge in [-0.15, -0.1) is 0 Å². The second-order valence-corrected chi connectivity index (χ2v) is 6.10. The van der Waals surface area contributed by atoms with Crippen molar-refractivity contribution in [1.82, 2.24) is 0 Å². The van der Waals surface area contributed by atoms with Gasteiger partial charge in [0.1, 0.15) is 11.4 Å². The van der Waals surface area contributed by atoms with Crippen molar-refractivity contribution < 1.29 is 4.74 Å². The van der Waals surface area contributed by atoms with Gasteiger partial charge in [-0.05, 0) is 64.8 Å². The molecule has 0 bridgehead atoms. The summed E-state index contributed by atoms with van der Waals surface area (Å²) < 4.78 is 5.93. The Bertz CT molecular complexity index is 328. The van der Waals surface area contributed by atoms with Crippen LogP contribution < -0.4 is 10.1 Å². The quantitative estimate of drug-likeness (QED) is 0.777. The standard InChI is InChI=1S/C16H27NO/c1-7-15(3,4)17-13-9-11-14(12-10-13)18-16(5,6)8-2/h9-12,17H,7-8H2,1-6H3. The summed E-state index contributed by atoms with van der Waals surface area (Å²) in [7, 11) is 0. The molecule has 18 heavy (non-hydrogen) atoms. The van der Waals surface area contributed by atoms with E-state index in [0.29, 0.717) is 0 Å². The van der Waals surface area contributed by atoms with Gasteiger partial charge in [0.15, 0.2) is 0 Å². The summed E-state index contributed by atoms with van der Waals surface area (Å²) in [6, 6.07) is 8.23. The predicted molar refractivity (Wildman–Crippen MR) is 79.4 cm³/mol. The zero-order valence-corrected chi connectivity index (χ0v) is 12.6. The van der Waals surface area contributed by atoms with Gasteiger partial charge in [0.2, 0.25) is 0 Å². The van der Waals surface area contributed by atoms with Gasteiger partial charge in [-0.3, -0.25) is 0 Å². The first-order chi connectivity index (χ1) is 8.28. The molecule has 1 rings (SSSR count). The van der Waals surface area contributed by atoms with Crippen LogP contribution in [0.3, 0.4) is 0 Å². The van der Waals surface area contributed by atoms with Crippen LogP contribution in [0.15, 0.2) is 24.3 Å². The van der Waals surface area contributed by atoms with Gasteiger partial charge < -0.3 is 10.1 Å². The Morgan fingerprint density at radius 2 is 1.50 bits per heavy atom. The third-order valence-electron chi connectivity index (χ3n) is 3.47. The lowest BCUT2D eigenvalue weighted by Gasteiger charge is -2.27. The maximum atomic E-state index is 5.93. The van der Waals surface area contributed by atoms with Gasteiger partial charge in [0.05, 0.1) is 0 Å². The lowest BCUT2D eigenvalue weighted by Crippen LogP contribution is -2.29. The van der Waals surface area contributed by atoms with Gasteiger partial charge in [-0.25, -0.2) is 0 Å². The highest BCUT2D eigenvalue weighted by Crippen LogP contribution is 2.24. The second-order valence-electron chi connectivity index (χ2n) is 6.10. The normalized spacial score (nSPS) is 12.3. The van der Waals surface area contributed by atoms with Crippen LogP contribution in [0.5, 0.6) is 5.75 Å². The molecular weight excluding hydrogens is 222 g/mol. The number of anilines is 1. The number of benzene rings is 1. The summed E-state index contributed by atoms with van der Waals surface area (Å²) in [5, 5.41) is 3.52. The van der Waals surface area contributed by atoms with Crippen molar-refractivity contribution in [2.75, 3.05) is 5.32 Å². The topological polar surface area (TPSA) is 21.3 Å². The molecule has 1 aromatic carbocycles. The molecule has 0 spiro atoms. The van der Waals surface area contributed by atoms with Crippen LogP contribution in [0.2, 0.25) is 0 Å². The summed E-state index contributed by atoms with van der Waals surface area (Å²) in [6.07, 6.45) is 2.09. The molecule has 0 saturated carbocycles. The maximum absolute atomic E-state index is 5.93. The molecule has 1 aromatic rings. The highest BCUT2D eigenvalue weighted by molar-refractivity contribution is 5.48. The number of hydrogen-bond donors (Lipinski definition) is 1. The van der Waals surface area contributed by atoms with Crippen molar-refractivity contribution in [2.24, 2.45) is 0 Å². The van der Waals surface area contributed by atoms with Crippen LogP contribution in [0.25, 0.3) is 0 Å². The highest BCUT2D eigenvalue weighted by Gasteiger charge is 2.17. The molecule has 0 aromatic heterocycles. The number of hydrogen-bond acceptors (Lipinski definition) is 2. The summed E-state index contributed by atoms with van der Waals surface area (Å²) in [4.78, 5) is 0. The molecule has 0 aliphatic heterocycles. The Kier molecular flexibility index (Phi) is 4.66. The van der Waals surface area contributed by atoms with Gasteiger partial charge in [0.25, 0.3) is 0 Å². The lowest BCUT2D eigenvalue weighted by atomic mass is 10.0. The average molecular weight is 249 g/mol. The number of rotatable bonds is 6. The summed E-state index contributed by atoms with van der Waals surface area (Å²) in [6.45, 7) is 13.0. The molecule has 0 amide bonds. The largest absolute Gasteiger partial charge is 0.488 e. The first kappa shape index (κ1) is 14.9. The number of nitrogens with one attached hydrogen (secondary N) is 1. The lowest BCUT2D eigenvalue weighted by molar-refractivity contribution is 0.105. The fourth-order valence-corrected chi connectivity index (χ4v) is 1.48. The zero-order chi connectivity index (χ0) is 13.8. The van der Waals surface area contributed by atoms with Gasteiger partial charge >= 0.3 is 0 Å². The third kappa shape index (κ3) is 4.59.